The van der Waals surface area contributed by atoms with E-state index >= 15 is 0 Å². The summed E-state index contributed by atoms with van der Waals surface area (Å²) in [7, 11) is 0. The molecule has 16 heavy (non-hydrogen) atoms. The molecule has 0 aliphatic heterocycles. The van der Waals surface area contributed by atoms with Crippen LogP contribution in [0.5, 0.6) is 0 Å². The van der Waals surface area contributed by atoms with Gasteiger partial charge in [0.2, 0.25) is 0 Å². The number of halogens is 1. The smallest absolute Gasteiger partial charge is 0.0406 e. The van der Waals surface area contributed by atoms with Crippen molar-refractivity contribution >= 4 is 11.6 Å². The zero-order chi connectivity index (χ0) is 11.8. The molecule has 0 amide bonds. The Hall–Kier alpha value is -0.530. The molecule has 2 unspecified atom stereocenters. The predicted octanol–water partition coefficient (Wildman–Crippen LogP) is 4.18. The Morgan fingerprint density at radius 3 is 2.38 bits per heavy atom. The molecule has 0 spiro atoms. The molecule has 88 valence electrons. The molecule has 0 bridgehead atoms. The highest BCUT2D eigenvalue weighted by Crippen LogP contribution is 2.46. The minimum Gasteiger partial charge on any atom is -0.307 e. The number of nitrogens with one attached hydrogen (secondary N) is 1. The Morgan fingerprint density at radius 1 is 1.38 bits per heavy atom. The quantitative estimate of drug-likeness (QED) is 0.829. The van der Waals surface area contributed by atoms with Crippen LogP contribution in [0.1, 0.15) is 45.2 Å². The average molecular weight is 238 g/mol. The van der Waals surface area contributed by atoms with E-state index < -0.39 is 0 Å². The van der Waals surface area contributed by atoms with Gasteiger partial charge in [-0.15, -0.1) is 0 Å². The first-order valence-electron chi connectivity index (χ1n) is 6.04. The van der Waals surface area contributed by atoms with E-state index in [0.717, 1.165) is 11.4 Å². The second kappa shape index (κ2) is 4.38. The van der Waals surface area contributed by atoms with Crippen molar-refractivity contribution in [3.63, 3.8) is 0 Å². The van der Waals surface area contributed by atoms with Crippen molar-refractivity contribution in [3.8, 4) is 0 Å². The lowest BCUT2D eigenvalue weighted by Gasteiger charge is -2.18. The van der Waals surface area contributed by atoms with Crippen LogP contribution in [0.15, 0.2) is 24.3 Å². The van der Waals surface area contributed by atoms with Crippen molar-refractivity contribution in [2.75, 3.05) is 0 Å². The van der Waals surface area contributed by atoms with Crippen molar-refractivity contribution in [1.29, 1.82) is 0 Å². The summed E-state index contributed by atoms with van der Waals surface area (Å²) in [5.41, 5.74) is 1.83. The minimum atomic E-state index is 0.462. The molecule has 1 aromatic rings. The minimum absolute atomic E-state index is 0.462. The van der Waals surface area contributed by atoms with E-state index in [0.29, 0.717) is 17.5 Å². The summed E-state index contributed by atoms with van der Waals surface area (Å²) in [6.07, 6.45) is 2.41. The van der Waals surface area contributed by atoms with Crippen LogP contribution in [0.4, 0.5) is 0 Å². The molecule has 1 saturated carbocycles. The molecule has 1 N–H and O–H groups in total. The van der Waals surface area contributed by atoms with E-state index in [-0.39, 0.29) is 0 Å². The SMILES string of the molecule is CCC(NC1CC1(C)C)c1ccc(Cl)cc1. The van der Waals surface area contributed by atoms with Gasteiger partial charge in [0.1, 0.15) is 0 Å². The fraction of sp³-hybridized carbons (Fsp3) is 0.571. The molecular formula is C14H20ClN. The van der Waals surface area contributed by atoms with Gasteiger partial charge in [0, 0.05) is 17.1 Å². The third-order valence-electron chi connectivity index (χ3n) is 3.60. The van der Waals surface area contributed by atoms with E-state index in [1.54, 1.807) is 0 Å². The van der Waals surface area contributed by atoms with Gasteiger partial charge in [-0.2, -0.15) is 0 Å². The maximum Gasteiger partial charge on any atom is 0.0406 e. The lowest BCUT2D eigenvalue weighted by molar-refractivity contribution is 0.461. The Morgan fingerprint density at radius 2 is 1.94 bits per heavy atom. The highest BCUT2D eigenvalue weighted by molar-refractivity contribution is 6.30. The Balaban J connectivity index is 2.02. The maximum atomic E-state index is 5.90. The molecular weight excluding hydrogens is 218 g/mol. The highest BCUT2D eigenvalue weighted by Gasteiger charge is 2.46. The number of rotatable bonds is 4. The normalized spacial score (nSPS) is 24.1. The molecule has 0 radical (unpaired) electrons. The largest absolute Gasteiger partial charge is 0.307 e. The topological polar surface area (TPSA) is 12.0 Å². The van der Waals surface area contributed by atoms with Crippen LogP contribution in [0.3, 0.4) is 0 Å². The first-order valence-corrected chi connectivity index (χ1v) is 6.42. The fourth-order valence-electron chi connectivity index (χ4n) is 2.14. The van der Waals surface area contributed by atoms with Crippen molar-refractivity contribution < 1.29 is 0 Å². The summed E-state index contributed by atoms with van der Waals surface area (Å²) in [4.78, 5) is 0. The molecule has 1 aromatic carbocycles. The third kappa shape index (κ3) is 2.58. The molecule has 1 nitrogen and oxygen atoms in total. The van der Waals surface area contributed by atoms with Crippen LogP contribution in [0, 0.1) is 5.41 Å². The number of benzene rings is 1. The summed E-state index contributed by atoms with van der Waals surface area (Å²) in [5.74, 6) is 0. The standard InChI is InChI=1S/C14H20ClN/c1-4-12(16-13-9-14(13,2)3)10-5-7-11(15)8-6-10/h5-8,12-13,16H,4,9H2,1-3H3. The van der Waals surface area contributed by atoms with Crippen LogP contribution >= 0.6 is 11.6 Å². The summed E-state index contributed by atoms with van der Waals surface area (Å²) in [5, 5.41) is 4.53. The molecule has 0 heterocycles. The lowest BCUT2D eigenvalue weighted by atomic mass is 10.0. The highest BCUT2D eigenvalue weighted by atomic mass is 35.5. The fourth-order valence-corrected chi connectivity index (χ4v) is 2.27. The van der Waals surface area contributed by atoms with Crippen molar-refractivity contribution in [2.24, 2.45) is 5.41 Å². The molecule has 2 atom stereocenters. The van der Waals surface area contributed by atoms with Crippen LogP contribution in [0.25, 0.3) is 0 Å². The Kier molecular flexibility index (Phi) is 3.27. The van der Waals surface area contributed by atoms with Gasteiger partial charge >= 0.3 is 0 Å². The summed E-state index contributed by atoms with van der Waals surface area (Å²) in [6, 6.07) is 9.33. The third-order valence-corrected chi connectivity index (χ3v) is 3.85. The lowest BCUT2D eigenvalue weighted by Crippen LogP contribution is -2.25. The van der Waals surface area contributed by atoms with Gasteiger partial charge in [-0.3, -0.25) is 0 Å². The van der Waals surface area contributed by atoms with Crippen LogP contribution < -0.4 is 5.32 Å². The zero-order valence-electron chi connectivity index (χ0n) is 10.3. The monoisotopic (exact) mass is 237 g/mol. The van der Waals surface area contributed by atoms with Gasteiger partial charge in [0.25, 0.3) is 0 Å². The predicted molar refractivity (Wildman–Crippen MR) is 69.8 cm³/mol. The van der Waals surface area contributed by atoms with Gasteiger partial charge in [0.15, 0.2) is 0 Å². The van der Waals surface area contributed by atoms with E-state index in [1.165, 1.54) is 12.0 Å². The van der Waals surface area contributed by atoms with Gasteiger partial charge in [-0.25, -0.2) is 0 Å². The Labute approximate surface area is 103 Å². The first-order chi connectivity index (χ1) is 7.53. The van der Waals surface area contributed by atoms with Crippen LogP contribution in [-0.4, -0.2) is 6.04 Å². The second-order valence-corrected chi connectivity index (χ2v) is 5.86. The van der Waals surface area contributed by atoms with Crippen LogP contribution in [-0.2, 0) is 0 Å². The molecule has 0 saturated heterocycles. The average Bonchev–Trinajstić information content (AvgIpc) is 2.84. The zero-order valence-corrected chi connectivity index (χ0v) is 11.0. The molecule has 2 heteroatoms. The van der Waals surface area contributed by atoms with Gasteiger partial charge in [0.05, 0.1) is 0 Å². The van der Waals surface area contributed by atoms with E-state index in [4.69, 9.17) is 11.6 Å². The molecule has 1 fully saturated rings. The van der Waals surface area contributed by atoms with Gasteiger partial charge < -0.3 is 5.32 Å². The summed E-state index contributed by atoms with van der Waals surface area (Å²) < 4.78 is 0. The van der Waals surface area contributed by atoms with E-state index in [9.17, 15) is 0 Å². The Bertz CT molecular complexity index is 356. The second-order valence-electron chi connectivity index (χ2n) is 5.42. The van der Waals surface area contributed by atoms with Crippen molar-refractivity contribution in [3.05, 3.63) is 34.9 Å². The molecule has 1 aliphatic carbocycles. The molecule has 1 aliphatic rings. The summed E-state index contributed by atoms with van der Waals surface area (Å²) in [6.45, 7) is 6.86. The van der Waals surface area contributed by atoms with E-state index in [1.807, 2.05) is 12.1 Å². The van der Waals surface area contributed by atoms with Crippen molar-refractivity contribution in [1.82, 2.24) is 5.32 Å². The van der Waals surface area contributed by atoms with Crippen molar-refractivity contribution in [2.45, 2.75) is 45.7 Å². The summed E-state index contributed by atoms with van der Waals surface area (Å²) >= 11 is 5.90. The first kappa shape index (κ1) is 11.9. The van der Waals surface area contributed by atoms with Gasteiger partial charge in [-0.05, 0) is 36.0 Å². The maximum absolute atomic E-state index is 5.90. The number of hydrogen-bond acceptors (Lipinski definition) is 1. The van der Waals surface area contributed by atoms with Gasteiger partial charge in [-0.1, -0.05) is 44.5 Å². The number of hydrogen-bond donors (Lipinski definition) is 1. The molecule has 0 aromatic heterocycles. The molecule has 2 rings (SSSR count). The van der Waals surface area contributed by atoms with E-state index in [2.05, 4.69) is 38.2 Å². The van der Waals surface area contributed by atoms with Crippen LogP contribution in [0.2, 0.25) is 5.02 Å².